The van der Waals surface area contributed by atoms with Crippen LogP contribution in [0.5, 0.6) is 0 Å². The van der Waals surface area contributed by atoms with Gasteiger partial charge in [-0.15, -0.1) is 0 Å². The van der Waals surface area contributed by atoms with Crippen LogP contribution < -0.4 is 4.72 Å². The number of carboxylic acid groups (broad SMARTS) is 1. The molecule has 0 radical (unpaired) electrons. The highest BCUT2D eigenvalue weighted by molar-refractivity contribution is 7.89. The fraction of sp³-hybridized carbons (Fsp3) is 0.571. The van der Waals surface area contributed by atoms with E-state index in [1.54, 1.807) is 24.3 Å². The summed E-state index contributed by atoms with van der Waals surface area (Å²) in [5, 5.41) is 8.69. The van der Waals surface area contributed by atoms with Crippen LogP contribution in [0.15, 0.2) is 47.4 Å². The molecule has 0 aromatic heterocycles. The third-order valence-electron chi connectivity index (χ3n) is 6.32. The van der Waals surface area contributed by atoms with Crippen LogP contribution in [0, 0.1) is 23.2 Å². The molecule has 0 unspecified atom stereocenters. The zero-order valence-electron chi connectivity index (χ0n) is 16.0. The Bertz CT molecular complexity index is 801. The molecule has 3 rings (SSSR count). The van der Waals surface area contributed by atoms with Crippen LogP contribution >= 0.6 is 0 Å². The molecule has 1 aromatic carbocycles. The molecule has 4 atom stereocenters. The van der Waals surface area contributed by atoms with Gasteiger partial charge in [0.25, 0.3) is 0 Å². The lowest BCUT2D eigenvalue weighted by Gasteiger charge is -2.26. The molecule has 0 bridgehead atoms. The first kappa shape index (κ1) is 20.1. The summed E-state index contributed by atoms with van der Waals surface area (Å²) in [5.74, 6) is 0.646. The molecule has 0 amide bonds. The Balaban J connectivity index is 1.63. The largest absolute Gasteiger partial charge is 0.481 e. The normalized spacial score (nSPS) is 29.0. The molecule has 2 saturated carbocycles. The molecule has 6 heteroatoms. The number of carbonyl (C=O) groups is 1. The molecule has 0 spiro atoms. The maximum absolute atomic E-state index is 12.7. The maximum Gasteiger partial charge on any atom is 0.303 e. The highest BCUT2D eigenvalue weighted by atomic mass is 32.2. The first-order valence-electron chi connectivity index (χ1n) is 9.67. The van der Waals surface area contributed by atoms with E-state index in [-0.39, 0.29) is 17.9 Å². The minimum absolute atomic E-state index is 0.0399. The van der Waals surface area contributed by atoms with Crippen LogP contribution in [0.2, 0.25) is 0 Å². The average Bonchev–Trinajstić information content (AvgIpc) is 2.95. The van der Waals surface area contributed by atoms with Gasteiger partial charge in [0.1, 0.15) is 0 Å². The second-order valence-corrected chi connectivity index (χ2v) is 10.1. The highest BCUT2D eigenvalue weighted by Crippen LogP contribution is 2.69. The van der Waals surface area contributed by atoms with Gasteiger partial charge in [0, 0.05) is 12.5 Å². The molecule has 2 fully saturated rings. The maximum atomic E-state index is 12.7. The number of hydrogen-bond donors (Lipinski definition) is 2. The van der Waals surface area contributed by atoms with E-state index >= 15 is 0 Å². The first-order chi connectivity index (χ1) is 12.7. The predicted molar refractivity (Wildman–Crippen MR) is 105 cm³/mol. The van der Waals surface area contributed by atoms with Gasteiger partial charge in [0.05, 0.1) is 4.90 Å². The van der Waals surface area contributed by atoms with E-state index in [9.17, 15) is 13.2 Å². The number of nitrogens with one attached hydrogen (secondary N) is 1. The molecule has 0 heterocycles. The van der Waals surface area contributed by atoms with E-state index in [2.05, 4.69) is 24.6 Å². The lowest BCUT2D eigenvalue weighted by molar-refractivity contribution is -0.137. The minimum atomic E-state index is -3.50. The molecule has 27 heavy (non-hydrogen) atoms. The predicted octanol–water partition coefficient (Wildman–Crippen LogP) is 3.83. The van der Waals surface area contributed by atoms with Gasteiger partial charge in [-0.1, -0.05) is 44.2 Å². The van der Waals surface area contributed by atoms with Crippen LogP contribution in [0.3, 0.4) is 0 Å². The van der Waals surface area contributed by atoms with Crippen molar-refractivity contribution < 1.29 is 18.3 Å². The Morgan fingerprint density at radius 3 is 2.63 bits per heavy atom. The Labute approximate surface area is 161 Å². The summed E-state index contributed by atoms with van der Waals surface area (Å²) in [6.45, 7) is 4.54. The molecular weight excluding hydrogens is 362 g/mol. The number of unbranched alkanes of at least 4 members (excludes halogenated alkanes) is 1. The molecule has 2 N–H and O–H groups in total. The third-order valence-corrected chi connectivity index (χ3v) is 7.83. The quantitative estimate of drug-likeness (QED) is 0.495. The Hall–Kier alpha value is -1.66. The molecule has 0 aliphatic heterocycles. The van der Waals surface area contributed by atoms with Crippen molar-refractivity contribution in [3.63, 3.8) is 0 Å². The summed E-state index contributed by atoms with van der Waals surface area (Å²) in [6, 6.07) is 8.49. The Morgan fingerprint density at radius 1 is 1.26 bits per heavy atom. The third kappa shape index (κ3) is 4.43. The first-order valence-corrected chi connectivity index (χ1v) is 11.2. The van der Waals surface area contributed by atoms with Crippen LogP contribution in [-0.2, 0) is 14.8 Å². The molecule has 2 aliphatic carbocycles. The van der Waals surface area contributed by atoms with Crippen molar-refractivity contribution in [3.8, 4) is 0 Å². The number of carboxylic acids is 1. The number of allylic oxidation sites excluding steroid dienone is 2. The second-order valence-electron chi connectivity index (χ2n) is 8.39. The zero-order valence-corrected chi connectivity index (χ0v) is 16.8. The van der Waals surface area contributed by atoms with Crippen molar-refractivity contribution in [1.82, 2.24) is 4.72 Å². The highest BCUT2D eigenvalue weighted by Gasteiger charge is 2.66. The van der Waals surface area contributed by atoms with E-state index in [1.807, 2.05) is 12.1 Å². The van der Waals surface area contributed by atoms with E-state index in [0.717, 1.165) is 19.3 Å². The zero-order chi connectivity index (χ0) is 19.7. The number of benzene rings is 1. The Kier molecular flexibility index (Phi) is 5.77. The summed E-state index contributed by atoms with van der Waals surface area (Å²) in [5.41, 5.74) is 0.288. The smallest absolute Gasteiger partial charge is 0.303 e. The molecule has 148 valence electrons. The van der Waals surface area contributed by atoms with Crippen molar-refractivity contribution in [1.29, 1.82) is 0 Å². The SMILES string of the molecule is CC1(C)[C@H]2[C@H](C/C=C\CCCC(=O)O)[C@@H](NS(=O)(=O)c3ccccc3)C[C@H]21. The molecule has 2 aliphatic rings. The van der Waals surface area contributed by atoms with Crippen molar-refractivity contribution >= 4 is 16.0 Å². The minimum Gasteiger partial charge on any atom is -0.481 e. The monoisotopic (exact) mass is 391 g/mol. The topological polar surface area (TPSA) is 83.5 Å². The van der Waals surface area contributed by atoms with Crippen molar-refractivity contribution in [3.05, 3.63) is 42.5 Å². The fourth-order valence-electron chi connectivity index (χ4n) is 4.84. The van der Waals surface area contributed by atoms with Crippen molar-refractivity contribution in [2.24, 2.45) is 23.2 Å². The molecular formula is C21H29NO4S. The van der Waals surface area contributed by atoms with E-state index < -0.39 is 16.0 Å². The summed E-state index contributed by atoms with van der Waals surface area (Å²) in [6.07, 6.45) is 7.43. The summed E-state index contributed by atoms with van der Waals surface area (Å²) in [4.78, 5) is 10.9. The molecule has 5 nitrogen and oxygen atoms in total. The van der Waals surface area contributed by atoms with Gasteiger partial charge >= 0.3 is 5.97 Å². The number of fused-ring (bicyclic) bond motifs is 1. The van der Waals surface area contributed by atoms with Crippen molar-refractivity contribution in [2.75, 3.05) is 0 Å². The summed E-state index contributed by atoms with van der Waals surface area (Å²) >= 11 is 0. The van der Waals surface area contributed by atoms with Gasteiger partial charge < -0.3 is 5.11 Å². The standard InChI is InChI=1S/C21H29NO4S/c1-21(2)17-14-18(22-27(25,26)15-10-6-5-7-11-15)16(20(17)21)12-8-3-4-9-13-19(23)24/h3,5-8,10-11,16-18,20,22H,4,9,12-14H2,1-2H3,(H,23,24)/b8-3-/t16-,17-,18+,20+/m1/s1. The van der Waals surface area contributed by atoms with Crippen LogP contribution in [0.4, 0.5) is 0 Å². The van der Waals surface area contributed by atoms with Gasteiger partial charge in [-0.25, -0.2) is 13.1 Å². The second kappa shape index (κ2) is 7.76. The number of rotatable bonds is 9. The summed E-state index contributed by atoms with van der Waals surface area (Å²) in [7, 11) is -3.50. The van der Waals surface area contributed by atoms with Crippen LogP contribution in [0.25, 0.3) is 0 Å². The fourth-order valence-corrected chi connectivity index (χ4v) is 6.16. The number of hydrogen-bond acceptors (Lipinski definition) is 3. The Morgan fingerprint density at radius 2 is 1.96 bits per heavy atom. The number of aliphatic carboxylic acids is 1. The van der Waals surface area contributed by atoms with Gasteiger partial charge in [0.2, 0.25) is 10.0 Å². The van der Waals surface area contributed by atoms with Crippen LogP contribution in [0.1, 0.15) is 46.0 Å². The van der Waals surface area contributed by atoms with Gasteiger partial charge in [-0.2, -0.15) is 0 Å². The van der Waals surface area contributed by atoms with E-state index in [0.29, 0.717) is 29.1 Å². The molecule has 0 saturated heterocycles. The lowest BCUT2D eigenvalue weighted by atomic mass is 9.87. The van der Waals surface area contributed by atoms with E-state index in [4.69, 9.17) is 5.11 Å². The van der Waals surface area contributed by atoms with Gasteiger partial charge in [0.15, 0.2) is 0 Å². The lowest BCUT2D eigenvalue weighted by Crippen LogP contribution is -2.40. The molecule has 1 aromatic rings. The van der Waals surface area contributed by atoms with Gasteiger partial charge in [-0.3, -0.25) is 4.79 Å². The van der Waals surface area contributed by atoms with Crippen LogP contribution in [-0.4, -0.2) is 25.5 Å². The van der Waals surface area contributed by atoms with Crippen molar-refractivity contribution in [2.45, 2.75) is 56.9 Å². The average molecular weight is 392 g/mol. The van der Waals surface area contributed by atoms with E-state index in [1.165, 1.54) is 0 Å². The van der Waals surface area contributed by atoms with Gasteiger partial charge in [-0.05, 0) is 61.0 Å². The summed E-state index contributed by atoms with van der Waals surface area (Å²) < 4.78 is 28.4. The number of sulfonamides is 1.